The van der Waals surface area contributed by atoms with Gasteiger partial charge in [0.2, 0.25) is 5.43 Å². The number of ether oxygens (including phenoxy) is 2. The van der Waals surface area contributed by atoms with Gasteiger partial charge in [-0.1, -0.05) is 24.3 Å². The lowest BCUT2D eigenvalue weighted by atomic mass is 9.86. The van der Waals surface area contributed by atoms with Crippen LogP contribution < -0.4 is 10.2 Å². The van der Waals surface area contributed by atoms with E-state index in [2.05, 4.69) is 0 Å². The second-order valence-corrected chi connectivity index (χ2v) is 7.51. The molecule has 4 rings (SSSR count). The van der Waals surface area contributed by atoms with Gasteiger partial charge in [-0.3, -0.25) is 9.59 Å². The Labute approximate surface area is 189 Å². The van der Waals surface area contributed by atoms with Crippen molar-refractivity contribution >= 4 is 16.9 Å². The van der Waals surface area contributed by atoms with E-state index in [4.69, 9.17) is 13.9 Å². The normalized spacial score (nSPS) is 11.8. The van der Waals surface area contributed by atoms with E-state index >= 15 is 0 Å². The molecule has 1 heterocycles. The summed E-state index contributed by atoms with van der Waals surface area (Å²) in [6.07, 6.45) is 1.25. The summed E-state index contributed by atoms with van der Waals surface area (Å²) < 4.78 is 16.0. The van der Waals surface area contributed by atoms with Crippen LogP contribution >= 0.6 is 0 Å². The zero-order chi connectivity index (χ0) is 23.5. The van der Waals surface area contributed by atoms with Crippen molar-refractivity contribution in [3.63, 3.8) is 0 Å². The number of rotatable bonds is 6. The summed E-state index contributed by atoms with van der Waals surface area (Å²) in [5, 5.41) is 20.6. The number of hydrogen-bond acceptors (Lipinski definition) is 7. The number of carbonyl (C=O) groups excluding carboxylic acids is 1. The second-order valence-electron chi connectivity index (χ2n) is 7.51. The smallest absolute Gasteiger partial charge is 0.306 e. The quantitative estimate of drug-likeness (QED) is 0.418. The molecule has 0 aliphatic rings. The standard InChI is InChI=1S/C26H22O7/c1-31-18-9-5-15(6-10-18)20(13-23(29)32-2)24-22(28)12-11-19-25(30)21(14-33-26(19)24)16-3-7-17(27)8-4-16/h3-12,14,20,27-28H,13H2,1-2H3/t20-/m1/s1. The maximum atomic E-state index is 13.3. The molecular weight excluding hydrogens is 424 g/mol. The van der Waals surface area contributed by atoms with Crippen LogP contribution in [0.5, 0.6) is 17.2 Å². The van der Waals surface area contributed by atoms with E-state index in [-0.39, 0.29) is 34.3 Å². The minimum absolute atomic E-state index is 0.0705. The van der Waals surface area contributed by atoms with Crippen LogP contribution in [0.3, 0.4) is 0 Å². The Bertz CT molecular complexity index is 1350. The maximum absolute atomic E-state index is 13.3. The lowest BCUT2D eigenvalue weighted by Gasteiger charge is -2.20. The number of esters is 1. The highest BCUT2D eigenvalue weighted by atomic mass is 16.5. The number of fused-ring (bicyclic) bond motifs is 1. The van der Waals surface area contributed by atoms with Gasteiger partial charge in [-0.2, -0.15) is 0 Å². The molecule has 7 heteroatoms. The summed E-state index contributed by atoms with van der Waals surface area (Å²) in [5.41, 5.74) is 1.82. The van der Waals surface area contributed by atoms with Crippen molar-refractivity contribution in [2.24, 2.45) is 0 Å². The molecule has 33 heavy (non-hydrogen) atoms. The summed E-state index contributed by atoms with van der Waals surface area (Å²) in [7, 11) is 2.85. The fourth-order valence-electron chi connectivity index (χ4n) is 3.86. The number of aromatic hydroxyl groups is 2. The number of benzene rings is 3. The van der Waals surface area contributed by atoms with E-state index in [1.165, 1.54) is 37.6 Å². The SMILES string of the molecule is COC(=O)C[C@H](c1ccc(OC)cc1)c1c(O)ccc2c(=O)c(-c3ccc(O)cc3)coc12. The predicted octanol–water partition coefficient (Wildman–Crippen LogP) is 4.57. The molecular formula is C26H22O7. The Balaban J connectivity index is 1.91. The first kappa shape index (κ1) is 22.0. The summed E-state index contributed by atoms with van der Waals surface area (Å²) >= 11 is 0. The molecule has 7 nitrogen and oxygen atoms in total. The average Bonchev–Trinajstić information content (AvgIpc) is 2.84. The maximum Gasteiger partial charge on any atom is 0.306 e. The summed E-state index contributed by atoms with van der Waals surface area (Å²) in [6.45, 7) is 0. The fraction of sp³-hybridized carbons (Fsp3) is 0.154. The molecule has 2 N–H and O–H groups in total. The summed E-state index contributed by atoms with van der Waals surface area (Å²) in [5.74, 6) is -0.484. The lowest BCUT2D eigenvalue weighted by Crippen LogP contribution is -2.12. The van der Waals surface area contributed by atoms with Gasteiger partial charge in [-0.25, -0.2) is 0 Å². The Kier molecular flexibility index (Phi) is 6.04. The van der Waals surface area contributed by atoms with Gasteiger partial charge in [-0.15, -0.1) is 0 Å². The third-order valence-electron chi connectivity index (χ3n) is 5.60. The van der Waals surface area contributed by atoms with Crippen LogP contribution in [-0.4, -0.2) is 30.4 Å². The molecule has 0 aliphatic heterocycles. The molecule has 1 aromatic heterocycles. The second kappa shape index (κ2) is 9.08. The number of phenolic OH excluding ortho intramolecular Hbond substituents is 2. The molecule has 0 saturated heterocycles. The van der Waals surface area contributed by atoms with Crippen molar-refractivity contribution < 1.29 is 28.9 Å². The van der Waals surface area contributed by atoms with Crippen molar-refractivity contribution in [3.8, 4) is 28.4 Å². The van der Waals surface area contributed by atoms with Gasteiger partial charge in [0.15, 0.2) is 0 Å². The highest BCUT2D eigenvalue weighted by Crippen LogP contribution is 2.39. The molecule has 0 spiro atoms. The fourth-order valence-corrected chi connectivity index (χ4v) is 3.86. The van der Waals surface area contributed by atoms with Crippen LogP contribution in [0.2, 0.25) is 0 Å². The van der Waals surface area contributed by atoms with Crippen LogP contribution in [0.1, 0.15) is 23.5 Å². The highest BCUT2D eigenvalue weighted by molar-refractivity contribution is 5.87. The Morgan fingerprint density at radius 1 is 0.970 bits per heavy atom. The average molecular weight is 446 g/mol. The van der Waals surface area contributed by atoms with E-state index in [1.54, 1.807) is 43.5 Å². The van der Waals surface area contributed by atoms with E-state index in [0.717, 1.165) is 0 Å². The van der Waals surface area contributed by atoms with Gasteiger partial charge in [-0.05, 0) is 47.5 Å². The first-order valence-corrected chi connectivity index (χ1v) is 10.2. The van der Waals surface area contributed by atoms with Gasteiger partial charge >= 0.3 is 5.97 Å². The molecule has 3 aromatic carbocycles. The minimum atomic E-state index is -0.630. The number of carbonyl (C=O) groups is 1. The van der Waals surface area contributed by atoms with Crippen molar-refractivity contribution in [2.45, 2.75) is 12.3 Å². The third-order valence-corrected chi connectivity index (χ3v) is 5.60. The number of methoxy groups -OCH3 is 2. The van der Waals surface area contributed by atoms with Crippen molar-refractivity contribution in [3.05, 3.63) is 88.3 Å². The van der Waals surface area contributed by atoms with Crippen LogP contribution in [0.25, 0.3) is 22.1 Å². The van der Waals surface area contributed by atoms with Gasteiger partial charge in [0.05, 0.1) is 31.6 Å². The van der Waals surface area contributed by atoms with Gasteiger partial charge in [0, 0.05) is 11.5 Å². The molecule has 0 unspecified atom stereocenters. The lowest BCUT2D eigenvalue weighted by molar-refractivity contribution is -0.140. The molecule has 4 aromatic rings. The molecule has 1 atom stereocenters. The minimum Gasteiger partial charge on any atom is -0.508 e. The molecule has 0 radical (unpaired) electrons. The third kappa shape index (κ3) is 4.25. The molecule has 0 saturated carbocycles. The van der Waals surface area contributed by atoms with E-state index in [0.29, 0.717) is 28.0 Å². The van der Waals surface area contributed by atoms with Gasteiger partial charge in [0.25, 0.3) is 0 Å². The van der Waals surface area contributed by atoms with Crippen molar-refractivity contribution in [2.75, 3.05) is 14.2 Å². The van der Waals surface area contributed by atoms with Crippen LogP contribution in [0.15, 0.2) is 76.1 Å². The topological polar surface area (TPSA) is 106 Å². The zero-order valence-corrected chi connectivity index (χ0v) is 18.1. The van der Waals surface area contributed by atoms with Crippen LogP contribution in [0, 0.1) is 0 Å². The van der Waals surface area contributed by atoms with Crippen molar-refractivity contribution in [1.82, 2.24) is 0 Å². The Morgan fingerprint density at radius 2 is 1.67 bits per heavy atom. The van der Waals surface area contributed by atoms with Crippen molar-refractivity contribution in [1.29, 1.82) is 0 Å². The van der Waals surface area contributed by atoms with E-state index in [1.807, 2.05) is 0 Å². The number of hydrogen-bond donors (Lipinski definition) is 2. The summed E-state index contributed by atoms with van der Waals surface area (Å²) in [6, 6.07) is 16.2. The first-order valence-electron chi connectivity index (χ1n) is 10.2. The molecule has 0 amide bonds. The molecule has 0 bridgehead atoms. The number of phenols is 2. The summed E-state index contributed by atoms with van der Waals surface area (Å²) in [4.78, 5) is 25.5. The molecule has 168 valence electrons. The van der Waals surface area contributed by atoms with Gasteiger partial charge < -0.3 is 24.1 Å². The zero-order valence-electron chi connectivity index (χ0n) is 18.1. The monoisotopic (exact) mass is 446 g/mol. The van der Waals surface area contributed by atoms with E-state index in [9.17, 15) is 19.8 Å². The van der Waals surface area contributed by atoms with Crippen LogP contribution in [-0.2, 0) is 9.53 Å². The largest absolute Gasteiger partial charge is 0.508 e. The molecule has 0 fully saturated rings. The van der Waals surface area contributed by atoms with E-state index < -0.39 is 11.9 Å². The Morgan fingerprint density at radius 3 is 2.30 bits per heavy atom. The highest BCUT2D eigenvalue weighted by Gasteiger charge is 2.26. The first-order chi connectivity index (χ1) is 15.9. The van der Waals surface area contributed by atoms with Crippen LogP contribution in [0.4, 0.5) is 0 Å². The Hall–Kier alpha value is -4.26. The predicted molar refractivity (Wildman–Crippen MR) is 123 cm³/mol. The molecule has 0 aliphatic carbocycles. The van der Waals surface area contributed by atoms with Gasteiger partial charge in [0.1, 0.15) is 29.1 Å².